The van der Waals surface area contributed by atoms with Crippen LogP contribution in [0.3, 0.4) is 0 Å². The van der Waals surface area contributed by atoms with Crippen LogP contribution in [0.1, 0.15) is 43.9 Å². The summed E-state index contributed by atoms with van der Waals surface area (Å²) >= 11 is 0. The maximum atomic E-state index is 12.5. The van der Waals surface area contributed by atoms with Crippen molar-refractivity contribution in [2.45, 2.75) is 34.3 Å². The summed E-state index contributed by atoms with van der Waals surface area (Å²) in [5, 5.41) is 12.5. The molecule has 2 aromatic rings. The molecule has 0 saturated carbocycles. The average molecular weight is 332 g/mol. The van der Waals surface area contributed by atoms with Gasteiger partial charge in [0.15, 0.2) is 5.69 Å². The fourth-order valence-electron chi connectivity index (χ4n) is 2.02. The second kappa shape index (κ2) is 6.82. The summed E-state index contributed by atoms with van der Waals surface area (Å²) in [5.41, 5.74) is -0.250. The number of hydrogen-bond acceptors (Lipinski definition) is 6. The molecule has 7 nitrogen and oxygen atoms in total. The van der Waals surface area contributed by atoms with Crippen molar-refractivity contribution in [2.24, 2.45) is 5.41 Å². The third-order valence-electron chi connectivity index (χ3n) is 3.25. The Hall–Kier alpha value is -2.70. The molecule has 0 atom stereocenters. The molecule has 0 amide bonds. The number of benzene rings is 1. The van der Waals surface area contributed by atoms with Gasteiger partial charge in [0, 0.05) is 6.07 Å². The summed E-state index contributed by atoms with van der Waals surface area (Å²) in [7, 11) is 0. The van der Waals surface area contributed by atoms with E-state index in [0.29, 0.717) is 10.2 Å². The van der Waals surface area contributed by atoms with Gasteiger partial charge in [-0.05, 0) is 33.8 Å². The van der Waals surface area contributed by atoms with Gasteiger partial charge in [0.2, 0.25) is 5.52 Å². The van der Waals surface area contributed by atoms with Crippen LogP contribution in [0.25, 0.3) is 11.0 Å². The molecule has 1 heterocycles. The van der Waals surface area contributed by atoms with Gasteiger partial charge in [0.05, 0.1) is 12.0 Å². The minimum atomic E-state index is -0.799. The van der Waals surface area contributed by atoms with Crippen LogP contribution in [-0.2, 0) is 20.9 Å². The largest absolute Gasteiger partial charge is 0.618 e. The summed E-state index contributed by atoms with van der Waals surface area (Å²) in [5.74, 6) is -1.25. The predicted molar refractivity (Wildman–Crippen MR) is 85.9 cm³/mol. The molecule has 24 heavy (non-hydrogen) atoms. The molecule has 128 valence electrons. The maximum absolute atomic E-state index is 12.5. The highest BCUT2D eigenvalue weighted by atomic mass is 16.5. The Morgan fingerprint density at radius 3 is 2.50 bits per heavy atom. The molecule has 0 fully saturated rings. The zero-order chi connectivity index (χ0) is 17.9. The standard InChI is InChI=1S/C17H20N2O5/c1-5-23-15(20)14-12(10-24-16(21)17(2,3)4)18-11-8-6-7-9-13(11)19(14)22/h6-9H,5,10H2,1-4H3. The number of carbonyl (C=O) groups is 2. The van der Waals surface area contributed by atoms with E-state index in [2.05, 4.69) is 4.98 Å². The molecule has 0 spiro atoms. The van der Waals surface area contributed by atoms with Crippen molar-refractivity contribution in [3.05, 3.63) is 40.9 Å². The first-order valence-electron chi connectivity index (χ1n) is 7.61. The van der Waals surface area contributed by atoms with Gasteiger partial charge in [0.1, 0.15) is 12.1 Å². The summed E-state index contributed by atoms with van der Waals surface area (Å²) in [6.45, 7) is 6.61. The third kappa shape index (κ3) is 3.61. The lowest BCUT2D eigenvalue weighted by Crippen LogP contribution is -2.39. The van der Waals surface area contributed by atoms with Crippen molar-refractivity contribution >= 4 is 23.0 Å². The monoisotopic (exact) mass is 332 g/mol. The molecule has 0 aliphatic carbocycles. The van der Waals surface area contributed by atoms with Crippen LogP contribution >= 0.6 is 0 Å². The predicted octanol–water partition coefficient (Wildman–Crippen LogP) is 2.13. The zero-order valence-electron chi connectivity index (χ0n) is 14.2. The molecule has 2 rings (SSSR count). The summed E-state index contributed by atoms with van der Waals surface area (Å²) in [6.07, 6.45) is 0. The van der Waals surface area contributed by atoms with Gasteiger partial charge in [-0.25, -0.2) is 9.78 Å². The minimum absolute atomic E-state index is 0.0692. The molecule has 0 saturated heterocycles. The van der Waals surface area contributed by atoms with E-state index in [9.17, 15) is 14.8 Å². The minimum Gasteiger partial charge on any atom is -0.618 e. The Bertz CT molecular complexity index is 780. The number of carbonyl (C=O) groups excluding carboxylic acids is 2. The molecule has 0 N–H and O–H groups in total. The van der Waals surface area contributed by atoms with E-state index < -0.39 is 17.4 Å². The molecule has 0 aliphatic rings. The first-order chi connectivity index (χ1) is 11.3. The van der Waals surface area contributed by atoms with E-state index in [0.717, 1.165) is 0 Å². The summed E-state index contributed by atoms with van der Waals surface area (Å²) < 4.78 is 10.6. The molecular weight excluding hydrogens is 312 g/mol. The highest BCUT2D eigenvalue weighted by Crippen LogP contribution is 2.18. The molecule has 0 aliphatic heterocycles. The lowest BCUT2D eigenvalue weighted by Gasteiger charge is -2.17. The fraction of sp³-hybridized carbons (Fsp3) is 0.412. The third-order valence-corrected chi connectivity index (χ3v) is 3.25. The number of aromatic nitrogens is 2. The topological polar surface area (TPSA) is 92.4 Å². The Morgan fingerprint density at radius 2 is 1.88 bits per heavy atom. The number of fused-ring (bicyclic) bond motifs is 1. The highest BCUT2D eigenvalue weighted by Gasteiger charge is 2.30. The van der Waals surface area contributed by atoms with E-state index in [1.165, 1.54) is 0 Å². The quantitative estimate of drug-likeness (QED) is 0.484. The number of rotatable bonds is 4. The number of hydrogen-bond donors (Lipinski definition) is 0. The van der Waals surface area contributed by atoms with Crippen molar-refractivity contribution in [1.82, 2.24) is 4.98 Å². The molecule has 7 heteroatoms. The van der Waals surface area contributed by atoms with E-state index in [1.807, 2.05) is 0 Å². The zero-order valence-corrected chi connectivity index (χ0v) is 14.2. The van der Waals surface area contributed by atoms with Crippen LogP contribution in [0.4, 0.5) is 0 Å². The van der Waals surface area contributed by atoms with Crippen LogP contribution in [-0.4, -0.2) is 23.5 Å². The van der Waals surface area contributed by atoms with Crippen LogP contribution in [0, 0.1) is 10.6 Å². The van der Waals surface area contributed by atoms with Crippen LogP contribution in [0.5, 0.6) is 0 Å². The molecule has 0 unspecified atom stereocenters. The lowest BCUT2D eigenvalue weighted by molar-refractivity contribution is -0.581. The van der Waals surface area contributed by atoms with Gasteiger partial charge in [-0.15, -0.1) is 0 Å². The van der Waals surface area contributed by atoms with Gasteiger partial charge in [-0.3, -0.25) is 4.79 Å². The van der Waals surface area contributed by atoms with Crippen molar-refractivity contribution in [1.29, 1.82) is 0 Å². The first-order valence-corrected chi connectivity index (χ1v) is 7.61. The second-order valence-electron chi connectivity index (χ2n) is 6.24. The van der Waals surface area contributed by atoms with E-state index >= 15 is 0 Å². The lowest BCUT2D eigenvalue weighted by atomic mass is 9.97. The molecular formula is C17H20N2O5. The van der Waals surface area contributed by atoms with Gasteiger partial charge in [-0.2, -0.15) is 4.73 Å². The SMILES string of the molecule is CCOC(=O)c1c(COC(=O)C(C)(C)C)nc2ccccc2[n+]1[O-]. The molecule has 0 radical (unpaired) electrons. The van der Waals surface area contributed by atoms with Gasteiger partial charge < -0.3 is 14.7 Å². The normalized spacial score (nSPS) is 11.3. The van der Waals surface area contributed by atoms with Crippen molar-refractivity contribution in [3.63, 3.8) is 0 Å². The molecule has 1 aromatic heterocycles. The van der Waals surface area contributed by atoms with Crippen LogP contribution < -0.4 is 4.73 Å². The van der Waals surface area contributed by atoms with Gasteiger partial charge >= 0.3 is 17.6 Å². The van der Waals surface area contributed by atoms with E-state index in [4.69, 9.17) is 9.47 Å². The van der Waals surface area contributed by atoms with Crippen molar-refractivity contribution in [3.8, 4) is 0 Å². The fourth-order valence-corrected chi connectivity index (χ4v) is 2.02. The van der Waals surface area contributed by atoms with Crippen LogP contribution in [0.2, 0.25) is 0 Å². The Kier molecular flexibility index (Phi) is 5.02. The molecule has 0 bridgehead atoms. The summed E-state index contributed by atoms with van der Waals surface area (Å²) in [4.78, 5) is 28.4. The Morgan fingerprint density at radius 1 is 1.21 bits per heavy atom. The van der Waals surface area contributed by atoms with E-state index in [-0.39, 0.29) is 30.1 Å². The molecule has 1 aromatic carbocycles. The van der Waals surface area contributed by atoms with Gasteiger partial charge in [0.25, 0.3) is 0 Å². The number of esters is 2. The average Bonchev–Trinajstić information content (AvgIpc) is 2.51. The van der Waals surface area contributed by atoms with Gasteiger partial charge in [-0.1, -0.05) is 12.1 Å². The van der Waals surface area contributed by atoms with Crippen LogP contribution in [0.15, 0.2) is 24.3 Å². The Labute approximate surface area is 139 Å². The first kappa shape index (κ1) is 17.7. The second-order valence-corrected chi connectivity index (χ2v) is 6.24. The van der Waals surface area contributed by atoms with Crippen molar-refractivity contribution < 1.29 is 23.8 Å². The number of nitrogens with zero attached hydrogens (tertiary/aromatic N) is 2. The number of ether oxygens (including phenoxy) is 2. The maximum Gasteiger partial charge on any atom is 0.407 e. The Balaban J connectivity index is 2.48. The van der Waals surface area contributed by atoms with E-state index in [1.54, 1.807) is 52.0 Å². The number of para-hydroxylation sites is 2. The smallest absolute Gasteiger partial charge is 0.407 e. The van der Waals surface area contributed by atoms with Crippen molar-refractivity contribution in [2.75, 3.05) is 6.61 Å². The highest BCUT2D eigenvalue weighted by molar-refractivity contribution is 5.88. The summed E-state index contributed by atoms with van der Waals surface area (Å²) in [6, 6.07) is 6.60.